The molecule has 1 aliphatic rings. The van der Waals surface area contributed by atoms with E-state index in [2.05, 4.69) is 54.4 Å². The predicted octanol–water partition coefficient (Wildman–Crippen LogP) is 5.33. The Labute approximate surface area is 160 Å². The first-order valence-corrected chi connectivity index (χ1v) is 9.59. The van der Waals surface area contributed by atoms with Crippen LogP contribution in [0.15, 0.2) is 66.7 Å². The molecule has 0 bridgehead atoms. The van der Waals surface area contributed by atoms with Crippen molar-refractivity contribution in [3.8, 4) is 0 Å². The van der Waals surface area contributed by atoms with Gasteiger partial charge < -0.3 is 9.64 Å². The highest BCUT2D eigenvalue weighted by Crippen LogP contribution is 2.48. The zero-order chi connectivity index (χ0) is 18.9. The molecule has 0 radical (unpaired) electrons. The Balaban J connectivity index is 1.88. The molecular weight excluding hydrogens is 337 g/mol. The smallest absolute Gasteiger partial charge is 0.123 e. The molecule has 140 valence electrons. The fourth-order valence-electron chi connectivity index (χ4n) is 4.63. The summed E-state index contributed by atoms with van der Waals surface area (Å²) in [5.41, 5.74) is 2.21. The summed E-state index contributed by atoms with van der Waals surface area (Å²) in [6, 6.07) is 21.9. The number of methoxy groups -OCH3 is 1. The SMILES string of the molecule is COC(c1cccc2ccccc12)C1(c2ccc(F)cc2)CCN(C)CC1. The molecule has 0 aromatic heterocycles. The molecule has 1 aliphatic heterocycles. The van der Waals surface area contributed by atoms with Crippen molar-refractivity contribution < 1.29 is 9.13 Å². The minimum absolute atomic E-state index is 0.0808. The monoisotopic (exact) mass is 363 g/mol. The van der Waals surface area contributed by atoms with Crippen molar-refractivity contribution in [3.05, 3.63) is 83.7 Å². The summed E-state index contributed by atoms with van der Waals surface area (Å²) in [5.74, 6) is -0.194. The van der Waals surface area contributed by atoms with Crippen LogP contribution in [0.2, 0.25) is 0 Å². The van der Waals surface area contributed by atoms with Crippen molar-refractivity contribution in [1.82, 2.24) is 4.90 Å². The Morgan fingerprint density at radius 3 is 2.30 bits per heavy atom. The van der Waals surface area contributed by atoms with Crippen LogP contribution in [0.25, 0.3) is 10.8 Å². The second kappa shape index (κ2) is 7.41. The van der Waals surface area contributed by atoms with Crippen LogP contribution in [-0.2, 0) is 10.2 Å². The lowest BCUT2D eigenvalue weighted by molar-refractivity contribution is -0.000163. The zero-order valence-electron chi connectivity index (χ0n) is 16.0. The Morgan fingerprint density at radius 1 is 0.926 bits per heavy atom. The van der Waals surface area contributed by atoms with Crippen LogP contribution in [0, 0.1) is 5.82 Å². The lowest BCUT2D eigenvalue weighted by Gasteiger charge is -2.46. The summed E-state index contributed by atoms with van der Waals surface area (Å²) in [5, 5.41) is 2.45. The Kier molecular flexibility index (Phi) is 4.98. The van der Waals surface area contributed by atoms with E-state index < -0.39 is 0 Å². The highest BCUT2D eigenvalue weighted by molar-refractivity contribution is 5.86. The van der Waals surface area contributed by atoms with Crippen molar-refractivity contribution in [1.29, 1.82) is 0 Å². The number of piperidine rings is 1. The van der Waals surface area contributed by atoms with Gasteiger partial charge in [-0.1, -0.05) is 54.6 Å². The van der Waals surface area contributed by atoms with Gasteiger partial charge in [-0.15, -0.1) is 0 Å². The number of rotatable bonds is 4. The molecule has 0 spiro atoms. The van der Waals surface area contributed by atoms with Gasteiger partial charge in [0, 0.05) is 12.5 Å². The van der Waals surface area contributed by atoms with Crippen LogP contribution >= 0.6 is 0 Å². The minimum atomic E-state index is -0.194. The first-order valence-electron chi connectivity index (χ1n) is 9.59. The van der Waals surface area contributed by atoms with Crippen LogP contribution in [0.3, 0.4) is 0 Å². The van der Waals surface area contributed by atoms with E-state index in [0.29, 0.717) is 0 Å². The Bertz CT molecular complexity index is 908. The molecule has 0 saturated carbocycles. The average Bonchev–Trinajstić information content (AvgIpc) is 2.71. The van der Waals surface area contributed by atoms with Crippen LogP contribution in [0.5, 0.6) is 0 Å². The van der Waals surface area contributed by atoms with Crippen molar-refractivity contribution in [3.63, 3.8) is 0 Å². The zero-order valence-corrected chi connectivity index (χ0v) is 16.0. The van der Waals surface area contributed by atoms with Crippen LogP contribution in [0.1, 0.15) is 30.1 Å². The highest BCUT2D eigenvalue weighted by Gasteiger charge is 2.44. The van der Waals surface area contributed by atoms with Gasteiger partial charge >= 0.3 is 0 Å². The predicted molar refractivity (Wildman–Crippen MR) is 109 cm³/mol. The standard InChI is InChI=1S/C24H26FNO/c1-26-16-14-24(15-17-26,19-10-12-20(25)13-11-19)23(27-2)22-9-5-7-18-6-3-4-8-21(18)22/h3-13,23H,14-17H2,1-2H3. The molecule has 3 aromatic carbocycles. The maximum Gasteiger partial charge on any atom is 0.123 e. The summed E-state index contributed by atoms with van der Waals surface area (Å²) in [6.45, 7) is 2.00. The second-order valence-corrected chi connectivity index (χ2v) is 7.65. The normalized spacial score (nSPS) is 18.5. The van der Waals surface area contributed by atoms with Gasteiger partial charge in [0.05, 0.1) is 6.10 Å². The van der Waals surface area contributed by atoms with Gasteiger partial charge in [0.1, 0.15) is 5.82 Å². The van der Waals surface area contributed by atoms with E-state index in [0.717, 1.165) is 31.5 Å². The number of nitrogens with zero attached hydrogens (tertiary/aromatic N) is 1. The average molecular weight is 363 g/mol. The molecule has 4 rings (SSSR count). The van der Waals surface area contributed by atoms with Gasteiger partial charge in [-0.2, -0.15) is 0 Å². The lowest BCUT2D eigenvalue weighted by Crippen LogP contribution is -2.45. The van der Waals surface area contributed by atoms with Crippen molar-refractivity contribution >= 4 is 10.8 Å². The summed E-state index contributed by atoms with van der Waals surface area (Å²) in [4.78, 5) is 2.36. The van der Waals surface area contributed by atoms with Gasteiger partial charge in [0.25, 0.3) is 0 Å². The number of halogens is 1. The number of hydrogen-bond acceptors (Lipinski definition) is 2. The van der Waals surface area contributed by atoms with Gasteiger partial charge in [-0.3, -0.25) is 0 Å². The maximum absolute atomic E-state index is 13.6. The van der Waals surface area contributed by atoms with E-state index in [4.69, 9.17) is 4.74 Å². The molecular formula is C24H26FNO. The summed E-state index contributed by atoms with van der Waals surface area (Å²) < 4.78 is 19.8. The largest absolute Gasteiger partial charge is 0.376 e. The van der Waals surface area contributed by atoms with Gasteiger partial charge in [-0.05, 0) is 67.0 Å². The molecule has 1 heterocycles. The third-order valence-electron chi connectivity index (χ3n) is 6.14. The van der Waals surface area contributed by atoms with E-state index in [1.807, 2.05) is 12.1 Å². The van der Waals surface area contributed by atoms with E-state index in [1.54, 1.807) is 19.2 Å². The first kappa shape index (κ1) is 18.1. The third-order valence-corrected chi connectivity index (χ3v) is 6.14. The van der Waals surface area contributed by atoms with E-state index in [9.17, 15) is 4.39 Å². The number of ether oxygens (including phenoxy) is 1. The Hall–Kier alpha value is -2.23. The maximum atomic E-state index is 13.6. The molecule has 1 saturated heterocycles. The first-order chi connectivity index (χ1) is 13.1. The number of fused-ring (bicyclic) bond motifs is 1. The van der Waals surface area contributed by atoms with Crippen LogP contribution in [0.4, 0.5) is 4.39 Å². The van der Waals surface area contributed by atoms with E-state index >= 15 is 0 Å². The fraction of sp³-hybridized carbons (Fsp3) is 0.333. The summed E-state index contributed by atoms with van der Waals surface area (Å²) in [6.07, 6.45) is 1.89. The molecule has 0 amide bonds. The summed E-state index contributed by atoms with van der Waals surface area (Å²) in [7, 11) is 3.96. The van der Waals surface area contributed by atoms with Crippen LogP contribution in [-0.4, -0.2) is 32.1 Å². The van der Waals surface area contributed by atoms with Gasteiger partial charge in [0.15, 0.2) is 0 Å². The lowest BCUT2D eigenvalue weighted by atomic mass is 9.66. The molecule has 0 aliphatic carbocycles. The van der Waals surface area contributed by atoms with Gasteiger partial charge in [-0.25, -0.2) is 4.39 Å². The number of benzene rings is 3. The second-order valence-electron chi connectivity index (χ2n) is 7.65. The number of likely N-dealkylation sites (tertiary alicyclic amines) is 1. The Morgan fingerprint density at radius 2 is 1.59 bits per heavy atom. The highest BCUT2D eigenvalue weighted by atomic mass is 19.1. The molecule has 3 aromatic rings. The quantitative estimate of drug-likeness (QED) is 0.621. The number of hydrogen-bond donors (Lipinski definition) is 0. The van der Waals surface area contributed by atoms with Crippen LogP contribution < -0.4 is 0 Å². The minimum Gasteiger partial charge on any atom is -0.376 e. The van der Waals surface area contributed by atoms with E-state index in [-0.39, 0.29) is 17.3 Å². The topological polar surface area (TPSA) is 12.5 Å². The molecule has 3 heteroatoms. The molecule has 27 heavy (non-hydrogen) atoms. The van der Waals surface area contributed by atoms with Crippen molar-refractivity contribution in [2.45, 2.75) is 24.4 Å². The molecule has 1 unspecified atom stereocenters. The van der Waals surface area contributed by atoms with Crippen molar-refractivity contribution in [2.75, 3.05) is 27.2 Å². The molecule has 1 fully saturated rings. The third kappa shape index (κ3) is 3.26. The van der Waals surface area contributed by atoms with Gasteiger partial charge in [0.2, 0.25) is 0 Å². The van der Waals surface area contributed by atoms with Crippen molar-refractivity contribution in [2.24, 2.45) is 0 Å². The molecule has 1 atom stereocenters. The molecule has 0 N–H and O–H groups in total. The molecule has 2 nitrogen and oxygen atoms in total. The van der Waals surface area contributed by atoms with E-state index in [1.165, 1.54) is 16.3 Å². The summed E-state index contributed by atoms with van der Waals surface area (Å²) >= 11 is 0. The fourth-order valence-corrected chi connectivity index (χ4v) is 4.63.